The summed E-state index contributed by atoms with van der Waals surface area (Å²) in [7, 11) is 0. The summed E-state index contributed by atoms with van der Waals surface area (Å²) in [6, 6.07) is 0. The predicted molar refractivity (Wildman–Crippen MR) is 109 cm³/mol. The Morgan fingerprint density at radius 3 is 2.18 bits per heavy atom. The van der Waals surface area contributed by atoms with E-state index in [9.17, 15) is 4.79 Å². The molecule has 10 unspecified atom stereocenters. The zero-order valence-electron chi connectivity index (χ0n) is 18.7. The fourth-order valence-corrected chi connectivity index (χ4v) is 8.72. The number of carbonyl (C=O) groups is 1. The molecule has 4 bridgehead atoms. The van der Waals surface area contributed by atoms with Crippen LogP contribution in [0.3, 0.4) is 0 Å². The number of carbonyl (C=O) groups excluding carboxylic acids is 1. The largest absolute Gasteiger partial charge is 0.436 e. The van der Waals surface area contributed by atoms with E-state index in [2.05, 4.69) is 34.6 Å². The number of fused-ring (bicyclic) bond motifs is 9. The Bertz CT molecular complexity index is 654. The van der Waals surface area contributed by atoms with Crippen molar-refractivity contribution in [1.29, 1.82) is 0 Å². The van der Waals surface area contributed by atoms with E-state index in [1.807, 2.05) is 6.92 Å². The normalized spacial score (nSPS) is 49.3. The Kier molecular flexibility index (Phi) is 4.31. The third kappa shape index (κ3) is 2.53. The van der Waals surface area contributed by atoms with Crippen LogP contribution < -0.4 is 0 Å². The van der Waals surface area contributed by atoms with E-state index in [1.165, 1.54) is 32.1 Å². The first-order valence-corrected chi connectivity index (χ1v) is 12.0. The van der Waals surface area contributed by atoms with Gasteiger partial charge in [0.15, 0.2) is 6.29 Å². The van der Waals surface area contributed by atoms with E-state index in [4.69, 9.17) is 9.47 Å². The Hall–Kier alpha value is -0.570. The quantitative estimate of drug-likeness (QED) is 0.334. The van der Waals surface area contributed by atoms with E-state index < -0.39 is 6.29 Å². The van der Waals surface area contributed by atoms with E-state index in [0.29, 0.717) is 17.9 Å². The number of hydrogen-bond donors (Lipinski definition) is 0. The predicted octanol–water partition coefficient (Wildman–Crippen LogP) is 5.67. The average molecular weight is 389 g/mol. The summed E-state index contributed by atoms with van der Waals surface area (Å²) in [5.41, 5.74) is -0.292. The summed E-state index contributed by atoms with van der Waals surface area (Å²) in [6.07, 6.45) is 7.85. The summed E-state index contributed by atoms with van der Waals surface area (Å²) in [4.78, 5) is 13.2. The maximum atomic E-state index is 13.2. The van der Waals surface area contributed by atoms with Gasteiger partial charge in [-0.25, -0.2) is 0 Å². The number of rotatable bonds is 6. The lowest BCUT2D eigenvalue weighted by molar-refractivity contribution is -0.202. The van der Waals surface area contributed by atoms with Gasteiger partial charge in [-0.15, -0.1) is 0 Å². The van der Waals surface area contributed by atoms with Gasteiger partial charge in [-0.3, -0.25) is 4.79 Å². The molecule has 5 fully saturated rings. The van der Waals surface area contributed by atoms with Crippen molar-refractivity contribution in [3.8, 4) is 0 Å². The van der Waals surface area contributed by atoms with E-state index in [-0.39, 0.29) is 16.8 Å². The molecule has 3 nitrogen and oxygen atoms in total. The Labute approximate surface area is 171 Å². The molecule has 0 aromatic carbocycles. The molecule has 5 saturated carbocycles. The molecule has 158 valence electrons. The van der Waals surface area contributed by atoms with Gasteiger partial charge in [0.05, 0.1) is 11.5 Å². The van der Waals surface area contributed by atoms with Crippen LogP contribution in [0.15, 0.2) is 0 Å². The van der Waals surface area contributed by atoms with Crippen LogP contribution in [0, 0.1) is 58.2 Å². The van der Waals surface area contributed by atoms with E-state index in [1.54, 1.807) is 0 Å². The molecule has 10 atom stereocenters. The van der Waals surface area contributed by atoms with Crippen LogP contribution in [0.2, 0.25) is 0 Å². The van der Waals surface area contributed by atoms with Gasteiger partial charge in [0.25, 0.3) is 0 Å². The van der Waals surface area contributed by atoms with Gasteiger partial charge in [-0.05, 0) is 98.2 Å². The topological polar surface area (TPSA) is 35.5 Å². The summed E-state index contributed by atoms with van der Waals surface area (Å²) < 4.78 is 12.4. The highest BCUT2D eigenvalue weighted by Gasteiger charge is 2.70. The molecule has 0 spiro atoms. The molecule has 0 aromatic heterocycles. The molecule has 5 aliphatic carbocycles. The average Bonchev–Trinajstić information content (AvgIpc) is 3.17. The first-order chi connectivity index (χ1) is 13.2. The van der Waals surface area contributed by atoms with Crippen LogP contribution in [0.25, 0.3) is 0 Å². The minimum Gasteiger partial charge on any atom is -0.436 e. The van der Waals surface area contributed by atoms with Gasteiger partial charge in [-0.2, -0.15) is 0 Å². The number of ether oxygens (including phenoxy) is 2. The third-order valence-corrected chi connectivity index (χ3v) is 10.3. The van der Waals surface area contributed by atoms with Gasteiger partial charge in [-0.1, -0.05) is 34.6 Å². The lowest BCUT2D eigenvalue weighted by Gasteiger charge is -2.39. The van der Waals surface area contributed by atoms with Crippen molar-refractivity contribution in [2.45, 2.75) is 92.5 Å². The highest BCUT2D eigenvalue weighted by Crippen LogP contribution is 2.70. The fraction of sp³-hybridized carbons (Fsp3) is 0.960. The van der Waals surface area contributed by atoms with Crippen molar-refractivity contribution in [1.82, 2.24) is 0 Å². The van der Waals surface area contributed by atoms with Gasteiger partial charge in [0, 0.05) is 0 Å². The van der Waals surface area contributed by atoms with Crippen LogP contribution in [0.4, 0.5) is 0 Å². The summed E-state index contributed by atoms with van der Waals surface area (Å²) in [5.74, 6) is 6.31. The minimum atomic E-state index is -0.415. The summed E-state index contributed by atoms with van der Waals surface area (Å²) >= 11 is 0. The standard InChI is InChI=1S/C25H40O3/c1-13(2)14(3)25(12-24(25,5)6)23(26)28-15(4)27-20-11-18-10-19(20)22-17-8-7-16(9-17)21(18)22/h13-22H,7-12H2,1-6H3. The highest BCUT2D eigenvalue weighted by molar-refractivity contribution is 5.82. The molecule has 5 aliphatic rings. The number of hydrogen-bond acceptors (Lipinski definition) is 3. The van der Waals surface area contributed by atoms with Crippen LogP contribution in [-0.4, -0.2) is 18.4 Å². The van der Waals surface area contributed by atoms with Crippen molar-refractivity contribution in [2.75, 3.05) is 0 Å². The maximum Gasteiger partial charge on any atom is 0.315 e. The first kappa shape index (κ1) is 19.4. The molecule has 3 heteroatoms. The van der Waals surface area contributed by atoms with E-state index in [0.717, 1.165) is 41.9 Å². The Morgan fingerprint density at radius 2 is 1.57 bits per heavy atom. The van der Waals surface area contributed by atoms with Crippen molar-refractivity contribution in [3.05, 3.63) is 0 Å². The highest BCUT2D eigenvalue weighted by atomic mass is 16.7. The van der Waals surface area contributed by atoms with Crippen molar-refractivity contribution >= 4 is 5.97 Å². The molecule has 0 saturated heterocycles. The molecule has 28 heavy (non-hydrogen) atoms. The summed E-state index contributed by atoms with van der Waals surface area (Å²) in [5, 5.41) is 0. The van der Waals surface area contributed by atoms with Crippen LogP contribution >= 0.6 is 0 Å². The molecule has 0 heterocycles. The smallest absolute Gasteiger partial charge is 0.315 e. The van der Waals surface area contributed by atoms with Gasteiger partial charge in [0.1, 0.15) is 0 Å². The second-order valence-corrected chi connectivity index (χ2v) is 12.1. The van der Waals surface area contributed by atoms with Crippen molar-refractivity contribution < 1.29 is 14.3 Å². The second kappa shape index (κ2) is 6.22. The Balaban J connectivity index is 1.22. The van der Waals surface area contributed by atoms with E-state index >= 15 is 0 Å². The molecule has 0 aliphatic heterocycles. The molecular formula is C25H40O3. The molecule has 5 rings (SSSR count). The zero-order valence-corrected chi connectivity index (χ0v) is 18.7. The Morgan fingerprint density at radius 1 is 0.929 bits per heavy atom. The maximum absolute atomic E-state index is 13.2. The summed E-state index contributed by atoms with van der Waals surface area (Å²) in [6.45, 7) is 13.0. The van der Waals surface area contributed by atoms with Gasteiger partial charge < -0.3 is 9.47 Å². The molecule has 0 amide bonds. The SMILES string of the molecule is CC(OC(=O)C1(C(C)C(C)C)CC1(C)C)OC1CC2CC1C1C3CCC(C3)C21. The zero-order chi connectivity index (χ0) is 20.0. The molecule has 0 N–H and O–H groups in total. The lowest BCUT2D eigenvalue weighted by atomic mass is 9.70. The van der Waals surface area contributed by atoms with Gasteiger partial charge in [0.2, 0.25) is 0 Å². The monoisotopic (exact) mass is 388 g/mol. The number of esters is 1. The molecular weight excluding hydrogens is 348 g/mol. The van der Waals surface area contributed by atoms with Crippen molar-refractivity contribution in [2.24, 2.45) is 58.2 Å². The second-order valence-electron chi connectivity index (χ2n) is 12.1. The molecule has 0 radical (unpaired) electrons. The van der Waals surface area contributed by atoms with Gasteiger partial charge >= 0.3 is 5.97 Å². The van der Waals surface area contributed by atoms with Crippen LogP contribution in [0.5, 0.6) is 0 Å². The minimum absolute atomic E-state index is 0.0212. The first-order valence-electron chi connectivity index (χ1n) is 12.0. The van der Waals surface area contributed by atoms with Crippen molar-refractivity contribution in [3.63, 3.8) is 0 Å². The fourth-order valence-electron chi connectivity index (χ4n) is 8.72. The lowest BCUT2D eigenvalue weighted by Crippen LogP contribution is -2.40. The van der Waals surface area contributed by atoms with Crippen LogP contribution in [-0.2, 0) is 14.3 Å². The van der Waals surface area contributed by atoms with Crippen LogP contribution in [0.1, 0.15) is 80.1 Å². The third-order valence-electron chi connectivity index (χ3n) is 10.3. The molecule has 0 aromatic rings.